The highest BCUT2D eigenvalue weighted by Crippen LogP contribution is 2.19. The van der Waals surface area contributed by atoms with E-state index in [4.69, 9.17) is 0 Å². The van der Waals surface area contributed by atoms with E-state index in [0.717, 1.165) is 31.7 Å². The summed E-state index contributed by atoms with van der Waals surface area (Å²) in [6.07, 6.45) is 0. The first-order valence-electron chi connectivity index (χ1n) is 9.16. The lowest BCUT2D eigenvalue weighted by Crippen LogP contribution is -2.52. The summed E-state index contributed by atoms with van der Waals surface area (Å²) >= 11 is 0. The fourth-order valence-electron chi connectivity index (χ4n) is 3.36. The van der Waals surface area contributed by atoms with Crippen molar-refractivity contribution in [3.05, 3.63) is 59.7 Å². The number of carbonyl (C=O) groups is 1. The number of nitrogens with zero attached hydrogens (tertiary/aromatic N) is 2. The van der Waals surface area contributed by atoms with Gasteiger partial charge in [0.2, 0.25) is 0 Å². The SMILES string of the molecule is Cc1ccc(O)c(C(=O)NCC(C)N2CCN(c3ccccc3)CC2)c1. The molecule has 1 amide bonds. The molecule has 1 heterocycles. The first kappa shape index (κ1) is 18.3. The van der Waals surface area contributed by atoms with E-state index in [1.165, 1.54) is 5.69 Å². The largest absolute Gasteiger partial charge is 0.507 e. The zero-order valence-electron chi connectivity index (χ0n) is 15.5. The van der Waals surface area contributed by atoms with Crippen LogP contribution in [0.3, 0.4) is 0 Å². The number of para-hydroxylation sites is 1. The summed E-state index contributed by atoms with van der Waals surface area (Å²) in [5.41, 5.74) is 2.56. The molecule has 0 bridgehead atoms. The van der Waals surface area contributed by atoms with Crippen LogP contribution in [0, 0.1) is 6.92 Å². The zero-order chi connectivity index (χ0) is 18.5. The van der Waals surface area contributed by atoms with Gasteiger partial charge in [0.15, 0.2) is 0 Å². The summed E-state index contributed by atoms with van der Waals surface area (Å²) in [5, 5.41) is 12.8. The average Bonchev–Trinajstić information content (AvgIpc) is 2.68. The highest BCUT2D eigenvalue weighted by atomic mass is 16.3. The summed E-state index contributed by atoms with van der Waals surface area (Å²) in [5.74, 6) is -0.196. The van der Waals surface area contributed by atoms with Crippen LogP contribution in [0.1, 0.15) is 22.8 Å². The minimum atomic E-state index is -0.221. The fraction of sp³-hybridized carbons (Fsp3) is 0.381. The Morgan fingerprint density at radius 2 is 1.81 bits per heavy atom. The number of aromatic hydroxyl groups is 1. The van der Waals surface area contributed by atoms with Crippen LogP contribution in [-0.4, -0.2) is 54.7 Å². The van der Waals surface area contributed by atoms with Gasteiger partial charge in [0.1, 0.15) is 5.75 Å². The molecular weight excluding hydrogens is 326 g/mol. The van der Waals surface area contributed by atoms with E-state index in [0.29, 0.717) is 12.1 Å². The van der Waals surface area contributed by atoms with Gasteiger partial charge in [-0.3, -0.25) is 9.69 Å². The molecule has 0 aromatic heterocycles. The van der Waals surface area contributed by atoms with Gasteiger partial charge in [-0.1, -0.05) is 29.8 Å². The second-order valence-electron chi connectivity index (χ2n) is 6.94. The average molecular weight is 353 g/mol. The molecule has 1 unspecified atom stereocenters. The molecule has 0 saturated carbocycles. The molecule has 26 heavy (non-hydrogen) atoms. The number of phenolic OH excluding ortho intramolecular Hbond substituents is 1. The van der Waals surface area contributed by atoms with Gasteiger partial charge in [0, 0.05) is 44.5 Å². The Hall–Kier alpha value is -2.53. The van der Waals surface area contributed by atoms with E-state index in [9.17, 15) is 9.90 Å². The second-order valence-corrected chi connectivity index (χ2v) is 6.94. The van der Waals surface area contributed by atoms with Crippen LogP contribution in [0.5, 0.6) is 5.75 Å². The number of hydrogen-bond donors (Lipinski definition) is 2. The predicted octanol–water partition coefficient (Wildman–Crippen LogP) is 2.64. The maximum absolute atomic E-state index is 12.3. The van der Waals surface area contributed by atoms with Crippen molar-refractivity contribution >= 4 is 11.6 Å². The van der Waals surface area contributed by atoms with E-state index in [1.54, 1.807) is 18.2 Å². The number of phenols is 1. The van der Waals surface area contributed by atoms with Crippen LogP contribution < -0.4 is 10.2 Å². The molecule has 0 aliphatic carbocycles. The molecule has 2 aromatic rings. The number of rotatable bonds is 5. The van der Waals surface area contributed by atoms with Crippen LogP contribution in [-0.2, 0) is 0 Å². The highest BCUT2D eigenvalue weighted by molar-refractivity contribution is 5.97. The summed E-state index contributed by atoms with van der Waals surface area (Å²) in [4.78, 5) is 17.1. The van der Waals surface area contributed by atoms with Crippen LogP contribution in [0.25, 0.3) is 0 Å². The summed E-state index contributed by atoms with van der Waals surface area (Å²) < 4.78 is 0. The Bertz CT molecular complexity index is 740. The number of nitrogens with one attached hydrogen (secondary N) is 1. The molecule has 1 atom stereocenters. The van der Waals surface area contributed by atoms with Gasteiger partial charge in [-0.15, -0.1) is 0 Å². The number of anilines is 1. The third-order valence-electron chi connectivity index (χ3n) is 5.01. The fourth-order valence-corrected chi connectivity index (χ4v) is 3.36. The second kappa shape index (κ2) is 8.23. The monoisotopic (exact) mass is 353 g/mol. The molecule has 1 saturated heterocycles. The maximum atomic E-state index is 12.3. The molecule has 5 nitrogen and oxygen atoms in total. The highest BCUT2D eigenvalue weighted by Gasteiger charge is 2.22. The van der Waals surface area contributed by atoms with Crippen molar-refractivity contribution in [1.29, 1.82) is 0 Å². The van der Waals surface area contributed by atoms with Crippen LogP contribution in [0.2, 0.25) is 0 Å². The third kappa shape index (κ3) is 4.35. The normalized spacial score (nSPS) is 16.3. The van der Waals surface area contributed by atoms with Gasteiger partial charge in [0.25, 0.3) is 5.91 Å². The topological polar surface area (TPSA) is 55.8 Å². The molecule has 138 valence electrons. The lowest BCUT2D eigenvalue weighted by molar-refractivity contribution is 0.0931. The number of benzene rings is 2. The van der Waals surface area contributed by atoms with Crippen molar-refractivity contribution in [3.63, 3.8) is 0 Å². The van der Waals surface area contributed by atoms with Gasteiger partial charge in [-0.25, -0.2) is 0 Å². The number of amides is 1. The van der Waals surface area contributed by atoms with Gasteiger partial charge < -0.3 is 15.3 Å². The molecule has 3 rings (SSSR count). The van der Waals surface area contributed by atoms with Crippen molar-refractivity contribution in [1.82, 2.24) is 10.2 Å². The number of carbonyl (C=O) groups excluding carboxylic acids is 1. The smallest absolute Gasteiger partial charge is 0.255 e. The molecule has 1 fully saturated rings. The first-order valence-corrected chi connectivity index (χ1v) is 9.16. The van der Waals surface area contributed by atoms with Crippen LogP contribution in [0.15, 0.2) is 48.5 Å². The lowest BCUT2D eigenvalue weighted by atomic mass is 10.1. The summed E-state index contributed by atoms with van der Waals surface area (Å²) in [7, 11) is 0. The number of hydrogen-bond acceptors (Lipinski definition) is 4. The lowest BCUT2D eigenvalue weighted by Gasteiger charge is -2.39. The molecule has 0 radical (unpaired) electrons. The Labute approximate surface area is 155 Å². The molecule has 2 aromatic carbocycles. The Balaban J connectivity index is 1.49. The van der Waals surface area contributed by atoms with Gasteiger partial charge >= 0.3 is 0 Å². The van der Waals surface area contributed by atoms with Crippen molar-refractivity contribution in [3.8, 4) is 5.75 Å². The van der Waals surface area contributed by atoms with E-state index < -0.39 is 0 Å². The van der Waals surface area contributed by atoms with Crippen molar-refractivity contribution < 1.29 is 9.90 Å². The van der Waals surface area contributed by atoms with E-state index in [-0.39, 0.29) is 17.7 Å². The minimum absolute atomic E-state index is 0.0252. The van der Waals surface area contributed by atoms with E-state index >= 15 is 0 Å². The molecule has 5 heteroatoms. The summed E-state index contributed by atoms with van der Waals surface area (Å²) in [6, 6.07) is 15.8. The number of piperazine rings is 1. The Morgan fingerprint density at radius 1 is 1.12 bits per heavy atom. The minimum Gasteiger partial charge on any atom is -0.507 e. The molecule has 1 aliphatic heterocycles. The molecule has 2 N–H and O–H groups in total. The standard InChI is InChI=1S/C21H27N3O2/c1-16-8-9-20(25)19(14-16)21(26)22-15-17(2)23-10-12-24(13-11-23)18-6-4-3-5-7-18/h3-9,14,17,25H,10-13,15H2,1-2H3,(H,22,26). The molecule has 1 aliphatic rings. The van der Waals surface area contributed by atoms with Gasteiger partial charge in [0.05, 0.1) is 5.56 Å². The van der Waals surface area contributed by atoms with Gasteiger partial charge in [-0.05, 0) is 38.1 Å². The van der Waals surface area contributed by atoms with Crippen LogP contribution >= 0.6 is 0 Å². The maximum Gasteiger partial charge on any atom is 0.255 e. The van der Waals surface area contributed by atoms with Gasteiger partial charge in [-0.2, -0.15) is 0 Å². The van der Waals surface area contributed by atoms with Crippen molar-refractivity contribution in [2.75, 3.05) is 37.6 Å². The molecule has 0 spiro atoms. The van der Waals surface area contributed by atoms with E-state index in [1.807, 2.05) is 13.0 Å². The van der Waals surface area contributed by atoms with Crippen molar-refractivity contribution in [2.24, 2.45) is 0 Å². The van der Waals surface area contributed by atoms with Crippen molar-refractivity contribution in [2.45, 2.75) is 19.9 Å². The van der Waals surface area contributed by atoms with Crippen LogP contribution in [0.4, 0.5) is 5.69 Å². The predicted molar refractivity (Wildman–Crippen MR) is 105 cm³/mol. The third-order valence-corrected chi connectivity index (χ3v) is 5.01. The Kier molecular flexibility index (Phi) is 5.78. The first-order chi connectivity index (χ1) is 12.5. The Morgan fingerprint density at radius 3 is 2.50 bits per heavy atom. The van der Waals surface area contributed by atoms with E-state index in [2.05, 4.69) is 46.3 Å². The molecular formula is C21H27N3O2. The quantitative estimate of drug-likeness (QED) is 0.868. The summed E-state index contributed by atoms with van der Waals surface area (Å²) in [6.45, 7) is 8.53. The number of aryl methyl sites for hydroxylation is 1. The zero-order valence-corrected chi connectivity index (χ0v) is 15.5.